The van der Waals surface area contributed by atoms with Crippen LogP contribution in [0.5, 0.6) is 5.75 Å². The van der Waals surface area contributed by atoms with Crippen LogP contribution in [0.3, 0.4) is 0 Å². The van der Waals surface area contributed by atoms with E-state index in [1.54, 1.807) is 48.4 Å². The maximum Gasteiger partial charge on any atom is 0.255 e. The van der Waals surface area contributed by atoms with Crippen LogP contribution in [0.15, 0.2) is 48.5 Å². The SMILES string of the molecule is CCCCN1C[C@@H](C(=O)Nc2ccc(C(=O)Nc3ccccc3OC)cc2)CC1=O. The van der Waals surface area contributed by atoms with Crippen LogP contribution in [0.2, 0.25) is 0 Å². The summed E-state index contributed by atoms with van der Waals surface area (Å²) in [6.07, 6.45) is 2.20. The molecule has 30 heavy (non-hydrogen) atoms. The van der Waals surface area contributed by atoms with Crippen molar-refractivity contribution in [3.63, 3.8) is 0 Å². The molecule has 1 saturated heterocycles. The molecule has 0 radical (unpaired) electrons. The molecule has 1 aliphatic heterocycles. The number of likely N-dealkylation sites (tertiary alicyclic amines) is 1. The average Bonchev–Trinajstić information content (AvgIpc) is 3.13. The first-order chi connectivity index (χ1) is 14.5. The highest BCUT2D eigenvalue weighted by Gasteiger charge is 2.33. The van der Waals surface area contributed by atoms with E-state index in [9.17, 15) is 14.4 Å². The van der Waals surface area contributed by atoms with E-state index in [2.05, 4.69) is 17.6 Å². The predicted octanol–water partition coefficient (Wildman–Crippen LogP) is 3.53. The average molecular weight is 409 g/mol. The van der Waals surface area contributed by atoms with Gasteiger partial charge in [-0.1, -0.05) is 25.5 Å². The van der Waals surface area contributed by atoms with Crippen molar-refractivity contribution in [3.05, 3.63) is 54.1 Å². The number of hydrogen-bond donors (Lipinski definition) is 2. The standard InChI is InChI=1S/C23H27N3O4/c1-3-4-13-26-15-17(14-21(26)27)23(29)24-18-11-9-16(10-12-18)22(28)25-19-7-5-6-8-20(19)30-2/h5-12,17H,3-4,13-15H2,1-2H3,(H,24,29)(H,25,28)/t17-/m0/s1. The number of hydrogen-bond acceptors (Lipinski definition) is 4. The molecule has 1 heterocycles. The Balaban J connectivity index is 1.57. The van der Waals surface area contributed by atoms with Gasteiger partial charge in [0.2, 0.25) is 11.8 Å². The molecule has 3 rings (SSSR count). The van der Waals surface area contributed by atoms with E-state index in [4.69, 9.17) is 4.74 Å². The van der Waals surface area contributed by atoms with Gasteiger partial charge in [0.25, 0.3) is 5.91 Å². The molecule has 7 nitrogen and oxygen atoms in total. The van der Waals surface area contributed by atoms with Gasteiger partial charge in [0.1, 0.15) is 5.75 Å². The fraction of sp³-hybridized carbons (Fsp3) is 0.348. The molecule has 0 unspecified atom stereocenters. The first-order valence-corrected chi connectivity index (χ1v) is 10.1. The number of carbonyl (C=O) groups excluding carboxylic acids is 3. The third-order valence-electron chi connectivity index (χ3n) is 5.14. The lowest BCUT2D eigenvalue weighted by Gasteiger charge is -2.16. The topological polar surface area (TPSA) is 87.7 Å². The van der Waals surface area contributed by atoms with Gasteiger partial charge in [0.05, 0.1) is 18.7 Å². The minimum absolute atomic E-state index is 0.0342. The van der Waals surface area contributed by atoms with E-state index in [0.717, 1.165) is 12.8 Å². The maximum atomic E-state index is 12.5. The van der Waals surface area contributed by atoms with Crippen LogP contribution in [-0.4, -0.2) is 42.8 Å². The second kappa shape index (κ2) is 9.91. The summed E-state index contributed by atoms with van der Waals surface area (Å²) in [5.74, 6) is -0.178. The Hall–Kier alpha value is -3.35. The largest absolute Gasteiger partial charge is 0.495 e. The van der Waals surface area contributed by atoms with Crippen molar-refractivity contribution < 1.29 is 19.1 Å². The number of nitrogens with one attached hydrogen (secondary N) is 2. The van der Waals surface area contributed by atoms with Gasteiger partial charge in [-0.3, -0.25) is 14.4 Å². The molecule has 3 amide bonds. The van der Waals surface area contributed by atoms with Crippen LogP contribution in [0, 0.1) is 5.92 Å². The highest BCUT2D eigenvalue weighted by Crippen LogP contribution is 2.24. The van der Waals surface area contributed by atoms with Crippen LogP contribution in [-0.2, 0) is 9.59 Å². The lowest BCUT2D eigenvalue weighted by Crippen LogP contribution is -2.29. The molecular formula is C23H27N3O4. The fourth-order valence-corrected chi connectivity index (χ4v) is 3.40. The minimum Gasteiger partial charge on any atom is -0.495 e. The molecule has 2 N–H and O–H groups in total. The van der Waals surface area contributed by atoms with Crippen molar-refractivity contribution in [2.45, 2.75) is 26.2 Å². The van der Waals surface area contributed by atoms with Gasteiger partial charge in [0, 0.05) is 30.8 Å². The molecule has 2 aromatic carbocycles. The zero-order chi connectivity index (χ0) is 21.5. The van der Waals surface area contributed by atoms with Gasteiger partial charge in [-0.05, 0) is 42.8 Å². The Morgan fingerprint density at radius 3 is 2.53 bits per heavy atom. The highest BCUT2D eigenvalue weighted by atomic mass is 16.5. The predicted molar refractivity (Wildman–Crippen MR) is 116 cm³/mol. The van der Waals surface area contributed by atoms with E-state index in [1.165, 1.54) is 0 Å². The Morgan fingerprint density at radius 1 is 1.10 bits per heavy atom. The molecule has 1 aliphatic rings. The van der Waals surface area contributed by atoms with E-state index < -0.39 is 0 Å². The molecule has 0 aliphatic carbocycles. The molecule has 0 spiro atoms. The zero-order valence-electron chi connectivity index (χ0n) is 17.3. The van der Waals surface area contributed by atoms with Gasteiger partial charge in [-0.25, -0.2) is 0 Å². The van der Waals surface area contributed by atoms with Crippen molar-refractivity contribution in [2.75, 3.05) is 30.8 Å². The maximum absolute atomic E-state index is 12.5. The van der Waals surface area contributed by atoms with E-state index >= 15 is 0 Å². The molecular weight excluding hydrogens is 382 g/mol. The summed E-state index contributed by atoms with van der Waals surface area (Å²) in [5, 5.41) is 5.66. The number of anilines is 2. The Morgan fingerprint density at radius 2 is 1.83 bits per heavy atom. The molecule has 158 valence electrons. The summed E-state index contributed by atoms with van der Waals surface area (Å²) >= 11 is 0. The summed E-state index contributed by atoms with van der Waals surface area (Å²) in [4.78, 5) is 38.8. The first kappa shape index (κ1) is 21.4. The van der Waals surface area contributed by atoms with Crippen LogP contribution >= 0.6 is 0 Å². The van der Waals surface area contributed by atoms with Gasteiger partial charge >= 0.3 is 0 Å². The molecule has 0 aromatic heterocycles. The van der Waals surface area contributed by atoms with Crippen LogP contribution in [0.1, 0.15) is 36.5 Å². The van der Waals surface area contributed by atoms with Crippen LogP contribution in [0.4, 0.5) is 11.4 Å². The van der Waals surface area contributed by atoms with Gasteiger partial charge in [0.15, 0.2) is 0 Å². The summed E-state index contributed by atoms with van der Waals surface area (Å²) < 4.78 is 5.24. The van der Waals surface area contributed by atoms with E-state index in [-0.39, 0.29) is 30.1 Å². The van der Waals surface area contributed by atoms with Gasteiger partial charge in [-0.2, -0.15) is 0 Å². The molecule has 7 heteroatoms. The highest BCUT2D eigenvalue weighted by molar-refractivity contribution is 6.05. The number of unbranched alkanes of at least 4 members (excludes halogenated alkanes) is 1. The number of carbonyl (C=O) groups is 3. The molecule has 2 aromatic rings. The third kappa shape index (κ3) is 5.17. The summed E-state index contributed by atoms with van der Waals surface area (Å²) in [6.45, 7) is 3.24. The smallest absolute Gasteiger partial charge is 0.255 e. The minimum atomic E-state index is -0.345. The van der Waals surface area contributed by atoms with Crippen molar-refractivity contribution >= 4 is 29.1 Å². The third-order valence-corrected chi connectivity index (χ3v) is 5.14. The van der Waals surface area contributed by atoms with E-state index in [1.807, 2.05) is 12.1 Å². The first-order valence-electron chi connectivity index (χ1n) is 10.1. The lowest BCUT2D eigenvalue weighted by atomic mass is 10.1. The second-order valence-corrected chi connectivity index (χ2v) is 7.32. The Labute approximate surface area is 176 Å². The van der Waals surface area contributed by atoms with Crippen LogP contribution < -0.4 is 15.4 Å². The Bertz CT molecular complexity index is 911. The normalized spacial score (nSPS) is 15.7. The number of methoxy groups -OCH3 is 1. The lowest BCUT2D eigenvalue weighted by molar-refractivity contribution is -0.128. The molecule has 0 saturated carbocycles. The van der Waals surface area contributed by atoms with Crippen molar-refractivity contribution in [1.82, 2.24) is 4.90 Å². The summed E-state index contributed by atoms with van der Waals surface area (Å²) in [6, 6.07) is 13.8. The summed E-state index contributed by atoms with van der Waals surface area (Å²) in [5.41, 5.74) is 1.63. The second-order valence-electron chi connectivity index (χ2n) is 7.32. The fourth-order valence-electron chi connectivity index (χ4n) is 3.40. The number of ether oxygens (including phenoxy) is 1. The Kier molecular flexibility index (Phi) is 7.06. The van der Waals surface area contributed by atoms with E-state index in [0.29, 0.717) is 35.8 Å². The van der Waals surface area contributed by atoms with Gasteiger partial charge in [-0.15, -0.1) is 0 Å². The number of rotatable bonds is 8. The van der Waals surface area contributed by atoms with Crippen molar-refractivity contribution in [2.24, 2.45) is 5.92 Å². The van der Waals surface area contributed by atoms with Crippen molar-refractivity contribution in [1.29, 1.82) is 0 Å². The summed E-state index contributed by atoms with van der Waals surface area (Å²) in [7, 11) is 1.55. The molecule has 1 atom stereocenters. The number of amides is 3. The van der Waals surface area contributed by atoms with Crippen LogP contribution in [0.25, 0.3) is 0 Å². The monoisotopic (exact) mass is 409 g/mol. The molecule has 0 bridgehead atoms. The van der Waals surface area contributed by atoms with Crippen molar-refractivity contribution in [3.8, 4) is 5.75 Å². The quantitative estimate of drug-likeness (QED) is 0.698. The van der Waals surface area contributed by atoms with Gasteiger partial charge < -0.3 is 20.3 Å². The number of nitrogens with zero attached hydrogens (tertiary/aromatic N) is 1. The number of benzene rings is 2. The zero-order valence-corrected chi connectivity index (χ0v) is 17.3. The number of para-hydroxylation sites is 2. The molecule has 1 fully saturated rings.